The number of furan rings is 1. The molecule has 0 spiro atoms. The molecule has 108 valence electrons. The molecule has 0 aliphatic heterocycles. The van der Waals surface area contributed by atoms with Crippen molar-refractivity contribution in [2.45, 2.75) is 52.5 Å². The first-order valence-corrected chi connectivity index (χ1v) is 7.11. The lowest BCUT2D eigenvalue weighted by molar-refractivity contribution is 0.0660. The molecule has 19 heavy (non-hydrogen) atoms. The van der Waals surface area contributed by atoms with E-state index < -0.39 is 5.97 Å². The number of carboxylic acid groups (broad SMARTS) is 1. The summed E-state index contributed by atoms with van der Waals surface area (Å²) < 4.78 is 4.92. The smallest absolute Gasteiger partial charge is 0.372 e. The Morgan fingerprint density at radius 1 is 1.32 bits per heavy atom. The summed E-state index contributed by atoms with van der Waals surface area (Å²) in [6, 6.07) is 1.71. The third-order valence-electron chi connectivity index (χ3n) is 3.14. The van der Waals surface area contributed by atoms with Gasteiger partial charge in [-0.1, -0.05) is 39.5 Å². The lowest BCUT2D eigenvalue weighted by Gasteiger charge is -2.05. The quantitative estimate of drug-likeness (QED) is 0.635. The zero-order valence-electron chi connectivity index (χ0n) is 11.9. The molecular weight excluding hydrogens is 242 g/mol. The molecule has 0 aliphatic carbocycles. The SMILES string of the molecule is CC(C)CCCCCCNCc1ccoc1C(=O)O. The van der Waals surface area contributed by atoms with E-state index in [-0.39, 0.29) is 5.76 Å². The van der Waals surface area contributed by atoms with Crippen LogP contribution in [0.4, 0.5) is 0 Å². The minimum atomic E-state index is -1.00. The Balaban J connectivity index is 2.05. The first-order chi connectivity index (χ1) is 9.11. The summed E-state index contributed by atoms with van der Waals surface area (Å²) in [7, 11) is 0. The van der Waals surface area contributed by atoms with E-state index in [4.69, 9.17) is 9.52 Å². The van der Waals surface area contributed by atoms with Gasteiger partial charge in [0.25, 0.3) is 0 Å². The second kappa shape index (κ2) is 8.75. The molecule has 0 fully saturated rings. The topological polar surface area (TPSA) is 62.5 Å². The number of hydrogen-bond donors (Lipinski definition) is 2. The molecule has 0 saturated carbocycles. The van der Waals surface area contributed by atoms with Crippen molar-refractivity contribution in [2.75, 3.05) is 6.54 Å². The van der Waals surface area contributed by atoms with Crippen LogP contribution in [0.3, 0.4) is 0 Å². The third kappa shape index (κ3) is 6.43. The zero-order chi connectivity index (χ0) is 14.1. The molecule has 4 nitrogen and oxygen atoms in total. The van der Waals surface area contributed by atoms with Gasteiger partial charge in [0.1, 0.15) is 0 Å². The summed E-state index contributed by atoms with van der Waals surface area (Å²) in [5, 5.41) is 12.1. The lowest BCUT2D eigenvalue weighted by Crippen LogP contribution is -2.16. The molecule has 0 radical (unpaired) electrons. The van der Waals surface area contributed by atoms with E-state index in [1.165, 1.54) is 31.9 Å². The van der Waals surface area contributed by atoms with E-state index in [1.54, 1.807) is 6.07 Å². The van der Waals surface area contributed by atoms with Gasteiger partial charge < -0.3 is 14.8 Å². The number of aromatic carboxylic acids is 1. The van der Waals surface area contributed by atoms with E-state index in [9.17, 15) is 4.79 Å². The molecule has 1 heterocycles. The maximum absolute atomic E-state index is 10.8. The van der Waals surface area contributed by atoms with Gasteiger partial charge in [-0.15, -0.1) is 0 Å². The molecule has 0 bridgehead atoms. The van der Waals surface area contributed by atoms with Crippen molar-refractivity contribution in [3.05, 3.63) is 23.7 Å². The molecule has 0 unspecified atom stereocenters. The Kier molecular flexibility index (Phi) is 7.26. The normalized spacial score (nSPS) is 11.1. The first-order valence-electron chi connectivity index (χ1n) is 7.11. The number of unbranched alkanes of at least 4 members (excludes halogenated alkanes) is 3. The van der Waals surface area contributed by atoms with Crippen molar-refractivity contribution in [1.82, 2.24) is 5.32 Å². The molecule has 1 aromatic rings. The van der Waals surface area contributed by atoms with Gasteiger partial charge in [-0.05, 0) is 24.9 Å². The second-order valence-electron chi connectivity index (χ2n) is 5.35. The van der Waals surface area contributed by atoms with Crippen molar-refractivity contribution >= 4 is 5.97 Å². The van der Waals surface area contributed by atoms with Crippen LogP contribution in [0.5, 0.6) is 0 Å². The predicted molar refractivity (Wildman–Crippen MR) is 75.3 cm³/mol. The summed E-state index contributed by atoms with van der Waals surface area (Å²) in [6.45, 7) is 6.00. The van der Waals surface area contributed by atoms with Crippen LogP contribution in [0.2, 0.25) is 0 Å². The Morgan fingerprint density at radius 3 is 2.74 bits per heavy atom. The Hall–Kier alpha value is -1.29. The van der Waals surface area contributed by atoms with Gasteiger partial charge in [0.05, 0.1) is 6.26 Å². The number of nitrogens with one attached hydrogen (secondary N) is 1. The Bertz CT molecular complexity index is 371. The Morgan fingerprint density at radius 2 is 2.05 bits per heavy atom. The van der Waals surface area contributed by atoms with Crippen LogP contribution >= 0.6 is 0 Å². The molecule has 1 rings (SSSR count). The van der Waals surface area contributed by atoms with Crippen LogP contribution in [0.25, 0.3) is 0 Å². The van der Waals surface area contributed by atoms with Gasteiger partial charge in [-0.3, -0.25) is 0 Å². The van der Waals surface area contributed by atoms with Crippen LogP contribution in [-0.4, -0.2) is 17.6 Å². The average Bonchev–Trinajstić information content (AvgIpc) is 2.80. The standard InChI is InChI=1S/C15H25NO3/c1-12(2)7-5-3-4-6-9-16-11-13-8-10-19-14(13)15(17)18/h8,10,12,16H,3-7,9,11H2,1-2H3,(H,17,18). The second-order valence-corrected chi connectivity index (χ2v) is 5.35. The molecular formula is C15H25NO3. The first kappa shape index (κ1) is 15.8. The molecule has 0 atom stereocenters. The van der Waals surface area contributed by atoms with E-state index in [1.807, 2.05) is 0 Å². The van der Waals surface area contributed by atoms with Gasteiger partial charge in [0.2, 0.25) is 5.76 Å². The monoisotopic (exact) mass is 267 g/mol. The lowest BCUT2D eigenvalue weighted by atomic mass is 10.0. The fourth-order valence-corrected chi connectivity index (χ4v) is 2.04. The van der Waals surface area contributed by atoms with E-state index in [0.717, 1.165) is 18.9 Å². The van der Waals surface area contributed by atoms with Crippen molar-refractivity contribution in [2.24, 2.45) is 5.92 Å². The summed E-state index contributed by atoms with van der Waals surface area (Å²) >= 11 is 0. The van der Waals surface area contributed by atoms with Crippen LogP contribution in [0.15, 0.2) is 16.7 Å². The largest absolute Gasteiger partial charge is 0.475 e. The molecule has 0 aliphatic rings. The summed E-state index contributed by atoms with van der Waals surface area (Å²) in [4.78, 5) is 10.8. The highest BCUT2D eigenvalue weighted by molar-refractivity contribution is 5.86. The summed E-state index contributed by atoms with van der Waals surface area (Å²) in [6.07, 6.45) is 7.69. The molecule has 0 aromatic carbocycles. The maximum Gasteiger partial charge on any atom is 0.372 e. The highest BCUT2D eigenvalue weighted by atomic mass is 16.4. The fraction of sp³-hybridized carbons (Fsp3) is 0.667. The van der Waals surface area contributed by atoms with Crippen molar-refractivity contribution in [1.29, 1.82) is 0 Å². The molecule has 4 heteroatoms. The van der Waals surface area contributed by atoms with Gasteiger partial charge in [-0.25, -0.2) is 4.79 Å². The third-order valence-corrected chi connectivity index (χ3v) is 3.14. The summed E-state index contributed by atoms with van der Waals surface area (Å²) in [5.74, 6) is -0.159. The van der Waals surface area contributed by atoms with Crippen molar-refractivity contribution < 1.29 is 14.3 Å². The highest BCUT2D eigenvalue weighted by Crippen LogP contribution is 2.11. The van der Waals surface area contributed by atoms with Gasteiger partial charge in [-0.2, -0.15) is 0 Å². The van der Waals surface area contributed by atoms with Crippen LogP contribution in [-0.2, 0) is 6.54 Å². The van der Waals surface area contributed by atoms with E-state index in [0.29, 0.717) is 12.1 Å². The van der Waals surface area contributed by atoms with Crippen LogP contribution in [0, 0.1) is 5.92 Å². The Labute approximate surface area is 115 Å². The maximum atomic E-state index is 10.8. The van der Waals surface area contributed by atoms with Crippen LogP contribution < -0.4 is 5.32 Å². The highest BCUT2D eigenvalue weighted by Gasteiger charge is 2.12. The zero-order valence-corrected chi connectivity index (χ0v) is 11.9. The molecule has 2 N–H and O–H groups in total. The van der Waals surface area contributed by atoms with Crippen LogP contribution in [0.1, 0.15) is 62.1 Å². The molecule has 0 amide bonds. The minimum Gasteiger partial charge on any atom is -0.475 e. The molecule has 0 saturated heterocycles. The van der Waals surface area contributed by atoms with Gasteiger partial charge >= 0.3 is 5.97 Å². The van der Waals surface area contributed by atoms with Crippen molar-refractivity contribution in [3.8, 4) is 0 Å². The van der Waals surface area contributed by atoms with Crippen molar-refractivity contribution in [3.63, 3.8) is 0 Å². The van der Waals surface area contributed by atoms with Gasteiger partial charge in [0, 0.05) is 12.1 Å². The minimum absolute atomic E-state index is 0.0458. The van der Waals surface area contributed by atoms with E-state index >= 15 is 0 Å². The predicted octanol–water partition coefficient (Wildman–Crippen LogP) is 3.67. The number of hydrogen-bond acceptors (Lipinski definition) is 3. The number of carboxylic acids is 1. The number of rotatable bonds is 10. The molecule has 1 aromatic heterocycles. The average molecular weight is 267 g/mol. The number of carbonyl (C=O) groups is 1. The summed E-state index contributed by atoms with van der Waals surface area (Å²) in [5.41, 5.74) is 0.715. The van der Waals surface area contributed by atoms with E-state index in [2.05, 4.69) is 19.2 Å². The fourth-order valence-electron chi connectivity index (χ4n) is 2.04. The van der Waals surface area contributed by atoms with Gasteiger partial charge in [0.15, 0.2) is 0 Å².